The molecule has 4 heteroatoms. The van der Waals surface area contributed by atoms with Crippen molar-refractivity contribution in [3.63, 3.8) is 0 Å². The minimum Gasteiger partial charge on any atom is -0.461 e. The van der Waals surface area contributed by atoms with Crippen LogP contribution in [0.1, 0.15) is 12.7 Å². The number of aliphatic hydroxyl groups is 1. The Balaban J connectivity index is 2.33. The first-order valence-corrected chi connectivity index (χ1v) is 6.08. The minimum atomic E-state index is -0.454. The summed E-state index contributed by atoms with van der Waals surface area (Å²) < 4.78 is 19.5. The number of halogens is 2. The van der Waals surface area contributed by atoms with E-state index in [0.717, 1.165) is 4.47 Å². The molecule has 90 valence electrons. The summed E-state index contributed by atoms with van der Waals surface area (Å²) in [5, 5.41) is 9.26. The molecule has 0 aliphatic heterocycles. The number of furan rings is 1. The van der Waals surface area contributed by atoms with Gasteiger partial charge in [0.05, 0.1) is 6.10 Å². The molecule has 0 fully saturated rings. The largest absolute Gasteiger partial charge is 0.461 e. The molecule has 0 saturated carbocycles. The van der Waals surface area contributed by atoms with Gasteiger partial charge < -0.3 is 9.52 Å². The number of hydrogen-bond acceptors (Lipinski definition) is 2. The monoisotopic (exact) mass is 298 g/mol. The van der Waals surface area contributed by atoms with Crippen LogP contribution in [-0.2, 0) is 6.42 Å². The zero-order valence-electron chi connectivity index (χ0n) is 9.28. The molecule has 2 rings (SSSR count). The van der Waals surface area contributed by atoms with Crippen molar-refractivity contribution < 1.29 is 13.9 Å². The molecule has 1 unspecified atom stereocenters. The lowest BCUT2D eigenvalue weighted by molar-refractivity contribution is 0.187. The Morgan fingerprint density at radius 2 is 2.12 bits per heavy atom. The molecule has 1 aromatic heterocycles. The summed E-state index contributed by atoms with van der Waals surface area (Å²) in [7, 11) is 0. The third kappa shape index (κ3) is 2.96. The quantitative estimate of drug-likeness (QED) is 0.936. The average Bonchev–Trinajstić information content (AvgIpc) is 2.69. The van der Waals surface area contributed by atoms with Crippen molar-refractivity contribution >= 4 is 15.9 Å². The lowest BCUT2D eigenvalue weighted by Crippen LogP contribution is -2.02. The molecular weight excluding hydrogens is 287 g/mol. The van der Waals surface area contributed by atoms with E-state index in [-0.39, 0.29) is 5.82 Å². The molecule has 0 bridgehead atoms. The normalized spacial score (nSPS) is 12.7. The van der Waals surface area contributed by atoms with Crippen molar-refractivity contribution in [2.45, 2.75) is 19.4 Å². The van der Waals surface area contributed by atoms with Gasteiger partial charge in [-0.05, 0) is 37.3 Å². The SMILES string of the molecule is CC(O)Cc1ccc(-c2cc(F)ccc2Br)o1. The number of benzene rings is 1. The maximum Gasteiger partial charge on any atom is 0.135 e. The predicted molar refractivity (Wildman–Crippen MR) is 67.2 cm³/mol. The summed E-state index contributed by atoms with van der Waals surface area (Å²) in [6.07, 6.45) is -0.00243. The van der Waals surface area contributed by atoms with Crippen molar-refractivity contribution in [1.29, 1.82) is 0 Å². The van der Waals surface area contributed by atoms with E-state index in [1.165, 1.54) is 12.1 Å². The van der Waals surface area contributed by atoms with Gasteiger partial charge in [0.25, 0.3) is 0 Å². The minimum absolute atomic E-state index is 0.309. The Kier molecular flexibility index (Phi) is 3.64. The van der Waals surface area contributed by atoms with E-state index in [1.807, 2.05) is 0 Å². The van der Waals surface area contributed by atoms with Crippen LogP contribution in [0, 0.1) is 5.82 Å². The molecule has 1 atom stereocenters. The van der Waals surface area contributed by atoms with Gasteiger partial charge in [-0.1, -0.05) is 15.9 Å². The van der Waals surface area contributed by atoms with Gasteiger partial charge in [0.15, 0.2) is 0 Å². The number of aliphatic hydroxyl groups excluding tert-OH is 1. The van der Waals surface area contributed by atoms with Gasteiger partial charge >= 0.3 is 0 Å². The van der Waals surface area contributed by atoms with Crippen LogP contribution in [0.5, 0.6) is 0 Å². The zero-order valence-corrected chi connectivity index (χ0v) is 10.9. The third-order valence-corrected chi connectivity index (χ3v) is 3.04. The Morgan fingerprint density at radius 3 is 2.82 bits per heavy atom. The van der Waals surface area contributed by atoms with Crippen LogP contribution in [-0.4, -0.2) is 11.2 Å². The maximum atomic E-state index is 13.1. The lowest BCUT2D eigenvalue weighted by atomic mass is 10.2. The Bertz CT molecular complexity index is 520. The van der Waals surface area contributed by atoms with Gasteiger partial charge in [0.1, 0.15) is 17.3 Å². The molecule has 2 aromatic rings. The Hall–Kier alpha value is -1.13. The summed E-state index contributed by atoms with van der Waals surface area (Å²) >= 11 is 3.35. The Morgan fingerprint density at radius 1 is 1.35 bits per heavy atom. The summed E-state index contributed by atoms with van der Waals surface area (Å²) in [6.45, 7) is 1.69. The molecule has 2 nitrogen and oxygen atoms in total. The molecule has 1 N–H and O–H groups in total. The summed E-state index contributed by atoms with van der Waals surface area (Å²) in [4.78, 5) is 0. The van der Waals surface area contributed by atoms with Gasteiger partial charge in [-0.2, -0.15) is 0 Å². The fourth-order valence-electron chi connectivity index (χ4n) is 1.61. The molecule has 0 saturated heterocycles. The number of rotatable bonds is 3. The van der Waals surface area contributed by atoms with Crippen LogP contribution in [0.3, 0.4) is 0 Å². The van der Waals surface area contributed by atoms with Crippen LogP contribution in [0.15, 0.2) is 39.2 Å². The molecular formula is C13H12BrFO2. The molecule has 17 heavy (non-hydrogen) atoms. The second-order valence-corrected chi connectivity index (χ2v) is 4.80. The highest BCUT2D eigenvalue weighted by molar-refractivity contribution is 9.10. The first kappa shape index (κ1) is 12.3. The van der Waals surface area contributed by atoms with Crippen molar-refractivity contribution in [3.05, 3.63) is 46.4 Å². The highest BCUT2D eigenvalue weighted by Crippen LogP contribution is 2.30. The van der Waals surface area contributed by atoms with E-state index in [1.54, 1.807) is 25.1 Å². The van der Waals surface area contributed by atoms with Gasteiger partial charge in [0.2, 0.25) is 0 Å². The van der Waals surface area contributed by atoms with Gasteiger partial charge in [-0.25, -0.2) is 4.39 Å². The summed E-state index contributed by atoms with van der Waals surface area (Å²) in [6, 6.07) is 8.00. The summed E-state index contributed by atoms with van der Waals surface area (Å²) in [5.74, 6) is 0.967. The molecule has 0 radical (unpaired) electrons. The van der Waals surface area contributed by atoms with Gasteiger partial charge in [0, 0.05) is 16.5 Å². The molecule has 0 aliphatic rings. The fraction of sp³-hybridized carbons (Fsp3) is 0.231. The predicted octanol–water partition coefficient (Wildman–Crippen LogP) is 3.77. The van der Waals surface area contributed by atoms with E-state index in [2.05, 4.69) is 15.9 Å². The van der Waals surface area contributed by atoms with E-state index < -0.39 is 6.10 Å². The highest BCUT2D eigenvalue weighted by atomic mass is 79.9. The maximum absolute atomic E-state index is 13.1. The highest BCUT2D eigenvalue weighted by Gasteiger charge is 2.10. The van der Waals surface area contributed by atoms with E-state index >= 15 is 0 Å². The summed E-state index contributed by atoms with van der Waals surface area (Å²) in [5.41, 5.74) is 0.668. The standard InChI is InChI=1S/C13H12BrFO2/c1-8(16)6-10-3-5-13(17-10)11-7-9(15)2-4-12(11)14/h2-5,7-8,16H,6H2,1H3. The van der Waals surface area contributed by atoms with Crippen molar-refractivity contribution in [1.82, 2.24) is 0 Å². The van der Waals surface area contributed by atoms with E-state index in [4.69, 9.17) is 4.42 Å². The van der Waals surface area contributed by atoms with Crippen LogP contribution < -0.4 is 0 Å². The molecule has 0 aliphatic carbocycles. The first-order valence-electron chi connectivity index (χ1n) is 5.28. The van der Waals surface area contributed by atoms with E-state index in [0.29, 0.717) is 23.5 Å². The molecule has 0 amide bonds. The average molecular weight is 299 g/mol. The third-order valence-electron chi connectivity index (χ3n) is 2.35. The molecule has 1 heterocycles. The van der Waals surface area contributed by atoms with Crippen LogP contribution >= 0.6 is 15.9 Å². The topological polar surface area (TPSA) is 33.4 Å². The van der Waals surface area contributed by atoms with Crippen molar-refractivity contribution in [2.75, 3.05) is 0 Å². The fourth-order valence-corrected chi connectivity index (χ4v) is 2.05. The molecule has 0 spiro atoms. The van der Waals surface area contributed by atoms with Gasteiger partial charge in [-0.15, -0.1) is 0 Å². The lowest BCUT2D eigenvalue weighted by Gasteiger charge is -2.02. The smallest absolute Gasteiger partial charge is 0.135 e. The second kappa shape index (κ2) is 5.02. The van der Waals surface area contributed by atoms with E-state index in [9.17, 15) is 9.50 Å². The Labute approximate surface area is 107 Å². The molecule has 1 aromatic carbocycles. The van der Waals surface area contributed by atoms with Crippen LogP contribution in [0.25, 0.3) is 11.3 Å². The van der Waals surface area contributed by atoms with Gasteiger partial charge in [-0.3, -0.25) is 0 Å². The number of hydrogen-bond donors (Lipinski definition) is 1. The van der Waals surface area contributed by atoms with Crippen LogP contribution in [0.4, 0.5) is 4.39 Å². The zero-order chi connectivity index (χ0) is 12.4. The van der Waals surface area contributed by atoms with Crippen molar-refractivity contribution in [3.8, 4) is 11.3 Å². The first-order chi connectivity index (χ1) is 8.06. The van der Waals surface area contributed by atoms with Crippen LogP contribution in [0.2, 0.25) is 0 Å². The second-order valence-electron chi connectivity index (χ2n) is 3.94. The van der Waals surface area contributed by atoms with Crippen molar-refractivity contribution in [2.24, 2.45) is 0 Å².